The largest absolute Gasteiger partial charge is 0.455 e. The molecule has 10 rings (SSSR count). The summed E-state index contributed by atoms with van der Waals surface area (Å²) in [6, 6.07) is 80.9. The average molecular weight is 715 g/mol. The van der Waals surface area contributed by atoms with E-state index in [0.717, 1.165) is 33.1 Å². The molecule has 0 aliphatic carbocycles. The van der Waals surface area contributed by atoms with E-state index >= 15 is 0 Å². The van der Waals surface area contributed by atoms with Crippen molar-refractivity contribution in [2.24, 2.45) is 0 Å². The van der Waals surface area contributed by atoms with Crippen molar-refractivity contribution in [2.45, 2.75) is 5.92 Å². The van der Waals surface area contributed by atoms with Crippen LogP contribution in [0.3, 0.4) is 0 Å². The predicted molar refractivity (Wildman–Crippen MR) is 235 cm³/mol. The van der Waals surface area contributed by atoms with Gasteiger partial charge in [0.15, 0.2) is 0 Å². The Balaban J connectivity index is 0.991. The highest BCUT2D eigenvalue weighted by Gasteiger charge is 2.19. The molecule has 0 saturated carbocycles. The highest BCUT2D eigenvalue weighted by Crippen LogP contribution is 2.39. The lowest BCUT2D eigenvalue weighted by atomic mass is 9.83. The van der Waals surface area contributed by atoms with Crippen molar-refractivity contribution in [3.05, 3.63) is 241 Å². The molecule has 0 fully saturated rings. The molecule has 9 aromatic carbocycles. The quantitative estimate of drug-likeness (QED) is 0.143. The summed E-state index contributed by atoms with van der Waals surface area (Å²) in [6.07, 6.45) is 0. The van der Waals surface area contributed by atoms with Gasteiger partial charge < -0.3 is 4.42 Å². The molecule has 0 aliphatic rings. The number of hydrogen-bond donors (Lipinski definition) is 0. The van der Waals surface area contributed by atoms with Crippen LogP contribution in [0, 0.1) is 0 Å². The molecule has 0 unspecified atom stereocenters. The van der Waals surface area contributed by atoms with E-state index < -0.39 is 0 Å². The molecule has 264 valence electrons. The molecule has 0 amide bonds. The molecule has 1 heterocycles. The van der Waals surface area contributed by atoms with Gasteiger partial charge in [0.1, 0.15) is 11.2 Å². The molecular formula is C55H38O. The fraction of sp³-hybridized carbons (Fsp3) is 0.0182. The third kappa shape index (κ3) is 6.40. The molecule has 0 atom stereocenters. The number of para-hydroxylation sites is 2. The smallest absolute Gasteiger partial charge is 0.143 e. The Bertz CT molecular complexity index is 2760. The molecule has 0 radical (unpaired) electrons. The molecule has 56 heavy (non-hydrogen) atoms. The minimum Gasteiger partial charge on any atom is -0.455 e. The number of rotatable bonds is 8. The Labute approximate surface area is 327 Å². The minimum absolute atomic E-state index is 0.0510. The van der Waals surface area contributed by atoms with E-state index in [1.807, 2.05) is 12.1 Å². The van der Waals surface area contributed by atoms with Crippen LogP contribution in [0.5, 0.6) is 0 Å². The van der Waals surface area contributed by atoms with E-state index in [9.17, 15) is 0 Å². The summed E-state index contributed by atoms with van der Waals surface area (Å²) in [6.45, 7) is 0. The fourth-order valence-corrected chi connectivity index (χ4v) is 8.11. The van der Waals surface area contributed by atoms with Gasteiger partial charge >= 0.3 is 0 Å². The topological polar surface area (TPSA) is 13.1 Å². The van der Waals surface area contributed by atoms with Crippen LogP contribution in [0.25, 0.3) is 77.6 Å². The van der Waals surface area contributed by atoms with Gasteiger partial charge in [-0.25, -0.2) is 0 Å². The molecule has 0 spiro atoms. The zero-order chi connectivity index (χ0) is 37.3. The second kappa shape index (κ2) is 14.5. The van der Waals surface area contributed by atoms with E-state index in [1.165, 1.54) is 61.2 Å². The van der Waals surface area contributed by atoms with Crippen LogP contribution in [0.2, 0.25) is 0 Å². The van der Waals surface area contributed by atoms with Gasteiger partial charge in [0.05, 0.1) is 0 Å². The van der Waals surface area contributed by atoms with E-state index in [4.69, 9.17) is 4.42 Å². The van der Waals surface area contributed by atoms with Crippen LogP contribution >= 0.6 is 0 Å². The van der Waals surface area contributed by atoms with Crippen LogP contribution in [0.15, 0.2) is 229 Å². The SMILES string of the molecule is c1ccc(-c2ccc(-c3ccc(C(c4ccc(-c5ccc(-c6ccccc6)cc5)cc4)c4ccc(-c5cccc6c5oc5ccccc56)cc4)cc3)cc2)cc1. The maximum atomic E-state index is 6.41. The number of furan rings is 1. The van der Waals surface area contributed by atoms with Crippen LogP contribution in [0.4, 0.5) is 0 Å². The molecule has 1 aromatic heterocycles. The number of benzene rings is 9. The van der Waals surface area contributed by atoms with Crippen LogP contribution in [-0.4, -0.2) is 0 Å². The third-order valence-electron chi connectivity index (χ3n) is 11.1. The fourth-order valence-electron chi connectivity index (χ4n) is 8.11. The molecule has 1 heteroatoms. The summed E-state index contributed by atoms with van der Waals surface area (Å²) in [5.74, 6) is 0.0510. The predicted octanol–water partition coefficient (Wildman–Crippen LogP) is 15.1. The normalized spacial score (nSPS) is 11.4. The second-order valence-corrected chi connectivity index (χ2v) is 14.5. The summed E-state index contributed by atoms with van der Waals surface area (Å²) in [5.41, 5.74) is 17.6. The Kier molecular flexibility index (Phi) is 8.67. The van der Waals surface area contributed by atoms with Gasteiger partial charge in [0.25, 0.3) is 0 Å². The van der Waals surface area contributed by atoms with Gasteiger partial charge in [-0.1, -0.05) is 218 Å². The first kappa shape index (κ1) is 33.4. The molecule has 0 N–H and O–H groups in total. The highest BCUT2D eigenvalue weighted by molar-refractivity contribution is 6.09. The van der Waals surface area contributed by atoms with Crippen molar-refractivity contribution >= 4 is 21.9 Å². The lowest BCUT2D eigenvalue weighted by Gasteiger charge is -2.20. The van der Waals surface area contributed by atoms with Gasteiger partial charge in [-0.05, 0) is 72.8 Å². The van der Waals surface area contributed by atoms with Gasteiger partial charge in [0, 0.05) is 22.3 Å². The number of hydrogen-bond acceptors (Lipinski definition) is 1. The Hall–Kier alpha value is -7.22. The monoisotopic (exact) mass is 714 g/mol. The lowest BCUT2D eigenvalue weighted by molar-refractivity contribution is 0.670. The lowest BCUT2D eigenvalue weighted by Crippen LogP contribution is -2.03. The summed E-state index contributed by atoms with van der Waals surface area (Å²) < 4.78 is 6.41. The Morgan fingerprint density at radius 2 is 0.589 bits per heavy atom. The van der Waals surface area contributed by atoms with E-state index in [1.54, 1.807) is 0 Å². The van der Waals surface area contributed by atoms with Crippen molar-refractivity contribution in [1.82, 2.24) is 0 Å². The molecule has 0 aliphatic heterocycles. The zero-order valence-corrected chi connectivity index (χ0v) is 30.8. The summed E-state index contributed by atoms with van der Waals surface area (Å²) >= 11 is 0. The van der Waals surface area contributed by atoms with Crippen LogP contribution < -0.4 is 0 Å². The first-order valence-electron chi connectivity index (χ1n) is 19.3. The van der Waals surface area contributed by atoms with Gasteiger partial charge in [-0.2, -0.15) is 0 Å². The first-order valence-corrected chi connectivity index (χ1v) is 19.3. The Morgan fingerprint density at radius 3 is 1.04 bits per heavy atom. The van der Waals surface area contributed by atoms with E-state index in [0.29, 0.717) is 0 Å². The molecular weight excluding hydrogens is 677 g/mol. The first-order chi connectivity index (χ1) is 27.7. The standard InChI is InChI=1S/C55H38O/c1-3-10-38(11-4-1)40-18-22-42(23-19-40)44-26-32-47(33-27-44)54(48-34-28-45(29-35-48)43-24-20-41(21-25-43)39-12-5-2-6-13-39)49-36-30-46(31-37-49)50-15-9-16-52-51-14-7-8-17-53(51)56-55(50)52/h1-37,54H. The van der Waals surface area contributed by atoms with Crippen molar-refractivity contribution < 1.29 is 4.42 Å². The molecule has 10 aromatic rings. The number of fused-ring (bicyclic) bond motifs is 3. The van der Waals surface area contributed by atoms with Gasteiger partial charge in [-0.3, -0.25) is 0 Å². The van der Waals surface area contributed by atoms with Crippen molar-refractivity contribution in [3.8, 4) is 55.6 Å². The van der Waals surface area contributed by atoms with Crippen molar-refractivity contribution in [2.75, 3.05) is 0 Å². The average Bonchev–Trinajstić information content (AvgIpc) is 3.67. The summed E-state index contributed by atoms with van der Waals surface area (Å²) in [7, 11) is 0. The molecule has 0 bridgehead atoms. The highest BCUT2D eigenvalue weighted by atomic mass is 16.3. The summed E-state index contributed by atoms with van der Waals surface area (Å²) in [5, 5.41) is 2.29. The Morgan fingerprint density at radius 1 is 0.250 bits per heavy atom. The van der Waals surface area contributed by atoms with Crippen LogP contribution in [-0.2, 0) is 0 Å². The van der Waals surface area contributed by atoms with Crippen molar-refractivity contribution in [3.63, 3.8) is 0 Å². The van der Waals surface area contributed by atoms with Gasteiger partial charge in [0.2, 0.25) is 0 Å². The van der Waals surface area contributed by atoms with Crippen molar-refractivity contribution in [1.29, 1.82) is 0 Å². The summed E-state index contributed by atoms with van der Waals surface area (Å²) in [4.78, 5) is 0. The molecule has 0 saturated heterocycles. The van der Waals surface area contributed by atoms with Crippen LogP contribution in [0.1, 0.15) is 22.6 Å². The maximum absolute atomic E-state index is 6.41. The maximum Gasteiger partial charge on any atom is 0.143 e. The third-order valence-corrected chi connectivity index (χ3v) is 11.1. The van der Waals surface area contributed by atoms with E-state index in [-0.39, 0.29) is 5.92 Å². The van der Waals surface area contributed by atoms with E-state index in [2.05, 4.69) is 212 Å². The zero-order valence-electron chi connectivity index (χ0n) is 30.8. The molecule has 1 nitrogen and oxygen atoms in total. The minimum atomic E-state index is 0.0510. The van der Waals surface area contributed by atoms with Gasteiger partial charge in [-0.15, -0.1) is 0 Å². The second-order valence-electron chi connectivity index (χ2n) is 14.5.